The van der Waals surface area contributed by atoms with E-state index >= 15 is 0 Å². The van der Waals surface area contributed by atoms with Crippen molar-refractivity contribution in [3.05, 3.63) is 75.4 Å². The maximum atomic E-state index is 13.2. The van der Waals surface area contributed by atoms with E-state index in [9.17, 15) is 9.59 Å². The van der Waals surface area contributed by atoms with Crippen LogP contribution in [0.4, 0.5) is 0 Å². The van der Waals surface area contributed by atoms with Crippen molar-refractivity contribution in [1.29, 1.82) is 0 Å². The SMILES string of the molecule is CCN(Cc1ccccc1)C1=C(c2ccc(Cl)cc2Cl)C(=O)N(C(C)C)C1=O. The highest BCUT2D eigenvalue weighted by molar-refractivity contribution is 6.41. The maximum absolute atomic E-state index is 13.2. The van der Waals surface area contributed by atoms with Crippen molar-refractivity contribution >= 4 is 40.6 Å². The predicted molar refractivity (Wildman–Crippen MR) is 113 cm³/mol. The van der Waals surface area contributed by atoms with Crippen molar-refractivity contribution in [3.63, 3.8) is 0 Å². The third-order valence-corrected chi connectivity index (χ3v) is 5.27. The molecule has 2 aromatic carbocycles. The van der Waals surface area contributed by atoms with E-state index in [1.54, 1.807) is 18.2 Å². The van der Waals surface area contributed by atoms with Crippen LogP contribution in [0.3, 0.4) is 0 Å². The molecule has 146 valence electrons. The fraction of sp³-hybridized carbons (Fsp3) is 0.273. The molecule has 0 saturated heterocycles. The molecule has 0 N–H and O–H groups in total. The highest BCUT2D eigenvalue weighted by atomic mass is 35.5. The number of rotatable bonds is 6. The Morgan fingerprint density at radius 2 is 1.68 bits per heavy atom. The Labute approximate surface area is 175 Å². The minimum absolute atomic E-state index is 0.256. The molecule has 0 atom stereocenters. The lowest BCUT2D eigenvalue weighted by Gasteiger charge is -2.25. The summed E-state index contributed by atoms with van der Waals surface area (Å²) in [4.78, 5) is 29.7. The van der Waals surface area contributed by atoms with Gasteiger partial charge < -0.3 is 4.90 Å². The number of nitrogens with zero attached hydrogens (tertiary/aromatic N) is 2. The highest BCUT2D eigenvalue weighted by Gasteiger charge is 2.43. The van der Waals surface area contributed by atoms with Gasteiger partial charge in [-0.2, -0.15) is 0 Å². The average Bonchev–Trinajstić information content (AvgIpc) is 2.91. The third kappa shape index (κ3) is 3.80. The van der Waals surface area contributed by atoms with Crippen LogP contribution in [0.1, 0.15) is 31.9 Å². The summed E-state index contributed by atoms with van der Waals surface area (Å²) in [6, 6.07) is 14.6. The van der Waals surface area contributed by atoms with Gasteiger partial charge in [0.05, 0.1) is 10.6 Å². The predicted octanol–water partition coefficient (Wildman–Crippen LogP) is 5.00. The number of hydrogen-bond donors (Lipinski definition) is 0. The van der Waals surface area contributed by atoms with Gasteiger partial charge in [-0.05, 0) is 38.5 Å². The van der Waals surface area contributed by atoms with Gasteiger partial charge in [-0.3, -0.25) is 14.5 Å². The first-order valence-corrected chi connectivity index (χ1v) is 9.97. The van der Waals surface area contributed by atoms with E-state index in [-0.39, 0.29) is 17.9 Å². The Morgan fingerprint density at radius 1 is 1.00 bits per heavy atom. The zero-order chi connectivity index (χ0) is 20.4. The van der Waals surface area contributed by atoms with E-state index in [0.717, 1.165) is 5.56 Å². The van der Waals surface area contributed by atoms with Gasteiger partial charge in [0.1, 0.15) is 5.70 Å². The Morgan fingerprint density at radius 3 is 2.25 bits per heavy atom. The van der Waals surface area contributed by atoms with Gasteiger partial charge >= 0.3 is 0 Å². The molecule has 0 radical (unpaired) electrons. The molecule has 0 fully saturated rings. The molecule has 1 aliphatic rings. The van der Waals surface area contributed by atoms with Gasteiger partial charge in [0, 0.05) is 29.7 Å². The Hall–Kier alpha value is -2.30. The van der Waals surface area contributed by atoms with Crippen LogP contribution in [0.15, 0.2) is 54.2 Å². The lowest BCUT2D eigenvalue weighted by Crippen LogP contribution is -2.39. The van der Waals surface area contributed by atoms with Crippen LogP contribution in [-0.4, -0.2) is 34.2 Å². The van der Waals surface area contributed by atoms with E-state index in [4.69, 9.17) is 23.2 Å². The van der Waals surface area contributed by atoms with Crippen molar-refractivity contribution < 1.29 is 9.59 Å². The molecule has 3 rings (SSSR count). The normalized spacial score (nSPS) is 14.4. The third-order valence-electron chi connectivity index (χ3n) is 4.72. The number of benzene rings is 2. The first-order chi connectivity index (χ1) is 13.3. The van der Waals surface area contributed by atoms with Gasteiger partial charge in [0.2, 0.25) is 0 Å². The van der Waals surface area contributed by atoms with Gasteiger partial charge in [-0.25, -0.2) is 0 Å². The second kappa shape index (κ2) is 8.38. The molecule has 0 unspecified atom stereocenters. The fourth-order valence-corrected chi connectivity index (χ4v) is 3.89. The molecule has 1 aliphatic heterocycles. The molecule has 0 aromatic heterocycles. The fourth-order valence-electron chi connectivity index (χ4n) is 3.39. The smallest absolute Gasteiger partial charge is 0.278 e. The standard InChI is InChI=1S/C22H22Cl2N2O2/c1-4-25(13-15-8-6-5-7-9-15)20-19(17-11-10-16(23)12-18(17)24)21(27)26(14(2)3)22(20)28/h5-12,14H,4,13H2,1-3H3. The summed E-state index contributed by atoms with van der Waals surface area (Å²) < 4.78 is 0. The summed E-state index contributed by atoms with van der Waals surface area (Å²) in [6.07, 6.45) is 0. The summed E-state index contributed by atoms with van der Waals surface area (Å²) in [7, 11) is 0. The van der Waals surface area contributed by atoms with Crippen LogP contribution >= 0.6 is 23.2 Å². The van der Waals surface area contributed by atoms with E-state index in [1.165, 1.54) is 4.90 Å². The second-order valence-corrected chi connectivity index (χ2v) is 7.77. The largest absolute Gasteiger partial charge is 0.362 e. The van der Waals surface area contributed by atoms with Gasteiger partial charge in [-0.1, -0.05) is 59.6 Å². The number of amides is 2. The second-order valence-electron chi connectivity index (χ2n) is 6.92. The molecular weight excluding hydrogens is 395 g/mol. The lowest BCUT2D eigenvalue weighted by atomic mass is 10.0. The summed E-state index contributed by atoms with van der Waals surface area (Å²) in [6.45, 7) is 6.71. The van der Waals surface area contributed by atoms with Crippen molar-refractivity contribution in [3.8, 4) is 0 Å². The highest BCUT2D eigenvalue weighted by Crippen LogP contribution is 2.37. The number of imide groups is 1. The summed E-state index contributed by atoms with van der Waals surface area (Å²) in [5.41, 5.74) is 2.29. The maximum Gasteiger partial charge on any atom is 0.278 e. The zero-order valence-electron chi connectivity index (χ0n) is 16.1. The van der Waals surface area contributed by atoms with Crippen molar-refractivity contribution in [2.75, 3.05) is 6.54 Å². The van der Waals surface area contributed by atoms with Crippen molar-refractivity contribution in [2.45, 2.75) is 33.4 Å². The summed E-state index contributed by atoms with van der Waals surface area (Å²) >= 11 is 12.4. The van der Waals surface area contributed by atoms with E-state index in [2.05, 4.69) is 0 Å². The molecule has 0 bridgehead atoms. The Bertz CT molecular complexity index is 939. The van der Waals surface area contributed by atoms with Crippen LogP contribution in [0.2, 0.25) is 10.0 Å². The molecule has 1 heterocycles. The molecule has 4 nitrogen and oxygen atoms in total. The first kappa shape index (κ1) is 20.4. The quantitative estimate of drug-likeness (QED) is 0.621. The minimum atomic E-state index is -0.328. The summed E-state index contributed by atoms with van der Waals surface area (Å²) in [5, 5.41) is 0.826. The first-order valence-electron chi connectivity index (χ1n) is 9.21. The molecule has 0 saturated carbocycles. The molecule has 6 heteroatoms. The number of likely N-dealkylation sites (N-methyl/N-ethyl adjacent to an activating group) is 1. The molecule has 2 aromatic rings. The Kier molecular flexibility index (Phi) is 6.11. The van der Waals surface area contributed by atoms with Gasteiger partial charge in [0.25, 0.3) is 11.8 Å². The molecule has 0 aliphatic carbocycles. The molecular formula is C22H22Cl2N2O2. The van der Waals surface area contributed by atoms with Crippen LogP contribution in [0.5, 0.6) is 0 Å². The van der Waals surface area contributed by atoms with E-state index in [1.807, 2.05) is 56.0 Å². The van der Waals surface area contributed by atoms with Crippen LogP contribution in [0, 0.1) is 0 Å². The number of carbonyl (C=O) groups is 2. The van der Waals surface area contributed by atoms with E-state index in [0.29, 0.717) is 40.0 Å². The van der Waals surface area contributed by atoms with Crippen LogP contribution in [0.25, 0.3) is 5.57 Å². The lowest BCUT2D eigenvalue weighted by molar-refractivity contribution is -0.139. The topological polar surface area (TPSA) is 40.6 Å². The zero-order valence-corrected chi connectivity index (χ0v) is 17.6. The number of halogens is 2. The number of hydrogen-bond acceptors (Lipinski definition) is 3. The van der Waals surface area contributed by atoms with Crippen molar-refractivity contribution in [1.82, 2.24) is 9.80 Å². The van der Waals surface area contributed by atoms with Crippen LogP contribution < -0.4 is 0 Å². The molecule has 2 amide bonds. The van der Waals surface area contributed by atoms with Crippen molar-refractivity contribution in [2.24, 2.45) is 0 Å². The van der Waals surface area contributed by atoms with E-state index < -0.39 is 0 Å². The Balaban J connectivity index is 2.15. The number of carbonyl (C=O) groups excluding carboxylic acids is 2. The van der Waals surface area contributed by atoms with Gasteiger partial charge in [0.15, 0.2) is 0 Å². The minimum Gasteiger partial charge on any atom is -0.362 e. The monoisotopic (exact) mass is 416 g/mol. The molecule has 0 spiro atoms. The summed E-state index contributed by atoms with van der Waals surface area (Å²) in [5.74, 6) is -0.621. The molecule has 28 heavy (non-hydrogen) atoms. The van der Waals surface area contributed by atoms with Gasteiger partial charge in [-0.15, -0.1) is 0 Å². The van der Waals surface area contributed by atoms with Crippen LogP contribution in [-0.2, 0) is 16.1 Å². The average molecular weight is 417 g/mol.